The number of aliphatic hydroxyl groups is 2. The molecule has 5 N–H and O–H groups in total. The van der Waals surface area contributed by atoms with Crippen LogP contribution in [0.25, 0.3) is 11.1 Å². The van der Waals surface area contributed by atoms with E-state index in [2.05, 4.69) is 47.1 Å². The molecule has 6 fully saturated rings. The van der Waals surface area contributed by atoms with Crippen LogP contribution in [0.2, 0.25) is 0 Å². The first-order valence-electron chi connectivity index (χ1n) is 28.3. The van der Waals surface area contributed by atoms with Crippen LogP contribution in [0.3, 0.4) is 0 Å². The molecule has 15 heteroatoms. The van der Waals surface area contributed by atoms with Gasteiger partial charge in [0, 0.05) is 40.7 Å². The van der Waals surface area contributed by atoms with Crippen LogP contribution in [0.4, 0.5) is 4.79 Å². The highest BCUT2D eigenvalue weighted by Crippen LogP contribution is 2.71. The summed E-state index contributed by atoms with van der Waals surface area (Å²) in [5, 5.41) is 30.9. The Morgan fingerprint density at radius 2 is 1.59 bits per heavy atom. The zero-order valence-electron chi connectivity index (χ0n) is 45.5. The Morgan fingerprint density at radius 1 is 0.897 bits per heavy atom. The molecule has 1 saturated heterocycles. The number of carbonyl (C=O) groups excluding carboxylic acids is 6. The van der Waals surface area contributed by atoms with E-state index in [1.807, 2.05) is 61.5 Å². The SMILES string of the molecule is CC(C)(C)OC(=O)CC[C@H](NC(=O)CNC(=O)OCC1c2ccccc2-c2ccccc21)C(=O)NC1CCC2(CC1)CC2Cc1ccc([C@@H]2O[C@@H]3C[C@H]4[C@@H]5CCC6=CC(=O)C=C[C@]6(C)[C@H]5[C@@H](O)C[C@]4(C)[C@]3(C(=O)CO)O2)cc1. The zero-order chi connectivity index (χ0) is 54.9. The molecule has 11 rings (SSSR count). The van der Waals surface area contributed by atoms with E-state index in [0.29, 0.717) is 18.8 Å². The fourth-order valence-electron chi connectivity index (χ4n) is 15.9. The van der Waals surface area contributed by atoms with Crippen molar-refractivity contribution in [2.45, 2.75) is 159 Å². The number of esters is 1. The molecule has 1 aliphatic heterocycles. The molecule has 8 aliphatic rings. The summed E-state index contributed by atoms with van der Waals surface area (Å²) in [5.74, 6) is -1.59. The van der Waals surface area contributed by atoms with Gasteiger partial charge in [-0.1, -0.05) is 98.3 Å². The van der Waals surface area contributed by atoms with Crippen LogP contribution in [0.5, 0.6) is 0 Å². The number of hydrogen-bond donors (Lipinski definition) is 5. The maximum absolute atomic E-state index is 14.1. The molecule has 0 radical (unpaired) electrons. The van der Waals surface area contributed by atoms with Crippen molar-refractivity contribution in [2.24, 2.45) is 39.9 Å². The van der Waals surface area contributed by atoms with Crippen molar-refractivity contribution in [3.63, 3.8) is 0 Å². The topological polar surface area (TPSA) is 216 Å². The number of amides is 3. The molecule has 5 saturated carbocycles. The highest BCUT2D eigenvalue weighted by atomic mass is 16.7. The number of allylic oxidation sites excluding steroid dienone is 4. The van der Waals surface area contributed by atoms with Gasteiger partial charge >= 0.3 is 12.1 Å². The first kappa shape index (κ1) is 54.0. The number of rotatable bonds is 15. The lowest BCUT2D eigenvalue weighted by Gasteiger charge is -2.59. The number of fused-ring (bicyclic) bond motifs is 10. The van der Waals surface area contributed by atoms with Gasteiger partial charge in [0.2, 0.25) is 11.8 Å². The van der Waals surface area contributed by atoms with Gasteiger partial charge < -0.3 is 45.1 Å². The van der Waals surface area contributed by atoms with E-state index >= 15 is 0 Å². The summed E-state index contributed by atoms with van der Waals surface area (Å²) in [4.78, 5) is 79.3. The predicted octanol–water partition coefficient (Wildman–Crippen LogP) is 8.04. The van der Waals surface area contributed by atoms with E-state index in [1.165, 1.54) is 5.56 Å². The number of alkyl carbamates (subject to hydrolysis) is 1. The summed E-state index contributed by atoms with van der Waals surface area (Å²) < 4.78 is 24.7. The highest BCUT2D eigenvalue weighted by molar-refractivity contribution is 6.01. The summed E-state index contributed by atoms with van der Waals surface area (Å²) in [6, 6.07) is 23.1. The van der Waals surface area contributed by atoms with Gasteiger partial charge in [-0.25, -0.2) is 4.79 Å². The lowest BCUT2D eigenvalue weighted by atomic mass is 9.46. The number of ketones is 2. The number of ether oxygens (including phenoxy) is 4. The molecule has 78 heavy (non-hydrogen) atoms. The summed E-state index contributed by atoms with van der Waals surface area (Å²) in [6.07, 6.45) is 10.2. The Kier molecular flexibility index (Phi) is 14.2. The second-order valence-corrected chi connectivity index (χ2v) is 25.3. The Morgan fingerprint density at radius 3 is 2.27 bits per heavy atom. The maximum Gasteiger partial charge on any atom is 0.407 e. The van der Waals surface area contributed by atoms with E-state index in [0.717, 1.165) is 84.8 Å². The smallest absolute Gasteiger partial charge is 0.407 e. The minimum atomic E-state index is -1.42. The van der Waals surface area contributed by atoms with Crippen LogP contribution in [-0.2, 0) is 49.3 Å². The van der Waals surface area contributed by atoms with Gasteiger partial charge in [0.05, 0.1) is 12.2 Å². The first-order valence-corrected chi connectivity index (χ1v) is 28.3. The van der Waals surface area contributed by atoms with E-state index < -0.39 is 89.4 Å². The van der Waals surface area contributed by atoms with Crippen molar-refractivity contribution < 1.29 is 57.9 Å². The fraction of sp³-hybridized carbons (Fsp3) is 0.556. The third kappa shape index (κ3) is 9.74. The number of benzene rings is 3. The minimum absolute atomic E-state index is 0.0111. The van der Waals surface area contributed by atoms with Crippen molar-refractivity contribution in [3.05, 3.63) is 119 Å². The average molecular weight is 1070 g/mol. The van der Waals surface area contributed by atoms with Crippen LogP contribution < -0.4 is 16.0 Å². The lowest BCUT2D eigenvalue weighted by Crippen LogP contribution is -2.63. The van der Waals surface area contributed by atoms with Crippen molar-refractivity contribution in [1.29, 1.82) is 0 Å². The number of nitrogens with one attached hydrogen (secondary N) is 3. The van der Waals surface area contributed by atoms with Crippen LogP contribution in [0, 0.1) is 39.9 Å². The molecule has 414 valence electrons. The van der Waals surface area contributed by atoms with E-state index in [4.69, 9.17) is 18.9 Å². The van der Waals surface area contributed by atoms with Gasteiger partial charge in [-0.15, -0.1) is 0 Å². The molecular weight excluding hydrogens is 991 g/mol. The van der Waals surface area contributed by atoms with Crippen molar-refractivity contribution >= 4 is 35.4 Å². The highest BCUT2D eigenvalue weighted by Gasteiger charge is 2.76. The second-order valence-electron chi connectivity index (χ2n) is 25.3. The van der Waals surface area contributed by atoms with Crippen LogP contribution in [-0.4, -0.2) is 101 Å². The molecule has 3 aromatic carbocycles. The molecule has 1 spiro atoms. The third-order valence-electron chi connectivity index (χ3n) is 19.7. The second kappa shape index (κ2) is 20.6. The third-order valence-corrected chi connectivity index (χ3v) is 19.7. The lowest BCUT2D eigenvalue weighted by molar-refractivity contribution is -0.201. The van der Waals surface area contributed by atoms with Gasteiger partial charge in [-0.3, -0.25) is 24.0 Å². The molecule has 1 heterocycles. The van der Waals surface area contributed by atoms with Gasteiger partial charge in [-0.2, -0.15) is 0 Å². The number of Topliss-reactive ketones (excluding diaryl/α,β-unsaturated/α-hetero) is 1. The van der Waals surface area contributed by atoms with Gasteiger partial charge in [0.25, 0.3) is 0 Å². The summed E-state index contributed by atoms with van der Waals surface area (Å²) in [7, 11) is 0. The molecular formula is C63H75N3O12. The monoisotopic (exact) mass is 1070 g/mol. The van der Waals surface area contributed by atoms with Gasteiger partial charge in [0.15, 0.2) is 23.5 Å². The van der Waals surface area contributed by atoms with E-state index in [1.54, 1.807) is 32.9 Å². The first-order chi connectivity index (χ1) is 37.2. The van der Waals surface area contributed by atoms with Crippen molar-refractivity contribution in [1.82, 2.24) is 16.0 Å². The molecule has 15 nitrogen and oxygen atoms in total. The van der Waals surface area contributed by atoms with E-state index in [9.17, 15) is 39.0 Å². The van der Waals surface area contributed by atoms with Crippen LogP contribution >= 0.6 is 0 Å². The van der Waals surface area contributed by atoms with E-state index in [-0.39, 0.29) is 60.4 Å². The zero-order valence-corrected chi connectivity index (χ0v) is 45.5. The normalized spacial score (nSPS) is 33.5. The van der Waals surface area contributed by atoms with Crippen molar-refractivity contribution in [3.8, 4) is 11.1 Å². The quantitative estimate of drug-likeness (QED) is 0.0915. The average Bonchev–Trinajstić information content (AvgIpc) is 3.73. The number of carbonyl (C=O) groups is 6. The van der Waals surface area contributed by atoms with Crippen LogP contribution in [0.15, 0.2) is 96.6 Å². The molecule has 1 unspecified atom stereocenters. The molecule has 7 aliphatic carbocycles. The largest absolute Gasteiger partial charge is 0.460 e. The Labute approximate surface area is 456 Å². The number of aliphatic hydroxyl groups excluding tert-OH is 2. The molecule has 0 bridgehead atoms. The van der Waals surface area contributed by atoms with Gasteiger partial charge in [-0.05, 0) is 155 Å². The van der Waals surface area contributed by atoms with Crippen molar-refractivity contribution in [2.75, 3.05) is 19.8 Å². The Balaban J connectivity index is 0.668. The standard InChI is InChI=1S/C63H75N3O12/c1-59(2,3)77-54(72)21-20-49(66-53(71)33-64-58(74)75-35-47-44-12-8-6-10-42(44)43-11-7-9-13-45(43)47)56(73)65-40-22-26-62(27-23-40)31-39(62)28-36-14-16-37(17-15-36)57-76-52-30-48-46-19-18-38-29-41(68)24-25-60(38,4)55(46)50(69)32-61(48,5)63(52,78-57)51(70)34-67/h6-17,24-25,29,39-40,46-50,52,55,57,67,69H,18-23,26-28,30-35H2,1-5H3,(H,64,74)(H,65,73)(H,66,71)/t39?,40?,46-,48-,49-,50-,52+,55+,57+,60-,61-,62?,63+/m0/s1. The Bertz CT molecular complexity index is 2890. The summed E-state index contributed by atoms with van der Waals surface area (Å²) in [6.45, 7) is 8.45. The Hall–Kier alpha value is -6.00. The molecule has 3 amide bonds. The molecule has 0 aromatic heterocycles. The summed E-state index contributed by atoms with van der Waals surface area (Å²) >= 11 is 0. The number of hydrogen-bond acceptors (Lipinski definition) is 12. The minimum Gasteiger partial charge on any atom is -0.460 e. The molecule has 11 atom stereocenters. The predicted molar refractivity (Wildman–Crippen MR) is 288 cm³/mol. The molecule has 3 aromatic rings. The van der Waals surface area contributed by atoms with Crippen LogP contribution in [0.1, 0.15) is 140 Å². The summed E-state index contributed by atoms with van der Waals surface area (Å²) in [5.41, 5.74) is 4.18. The van der Waals surface area contributed by atoms with Gasteiger partial charge in [0.1, 0.15) is 31.4 Å². The fourth-order valence-corrected chi connectivity index (χ4v) is 15.9. The maximum atomic E-state index is 14.1.